The molecule has 0 saturated heterocycles. The van der Waals surface area contributed by atoms with Crippen LogP contribution >= 0.6 is 0 Å². The fourth-order valence-corrected chi connectivity index (χ4v) is 2.17. The van der Waals surface area contributed by atoms with E-state index in [1.54, 1.807) is 6.07 Å². The van der Waals surface area contributed by atoms with E-state index in [1.807, 2.05) is 44.2 Å². The van der Waals surface area contributed by atoms with Gasteiger partial charge in [0.1, 0.15) is 6.61 Å². The van der Waals surface area contributed by atoms with Gasteiger partial charge in [-0.15, -0.1) is 0 Å². The lowest BCUT2D eigenvalue weighted by molar-refractivity contribution is 0.307. The maximum Gasteiger partial charge on any atom is 0.264 e. The van der Waals surface area contributed by atoms with E-state index in [0.717, 1.165) is 23.1 Å². The minimum absolute atomic E-state index is 0.0836. The first-order valence-corrected chi connectivity index (χ1v) is 8.54. The molecule has 0 saturated carbocycles. The molecule has 1 heterocycles. The molecule has 0 aliphatic carbocycles. The SMILES string of the molecule is Cc1ccc(C#Cc2cc(C)nc(COS(C)(=O)=O)c2)cc1. The van der Waals surface area contributed by atoms with Crippen LogP contribution in [0.2, 0.25) is 0 Å². The Kier molecular flexibility index (Phi) is 4.96. The quantitative estimate of drug-likeness (QED) is 0.645. The van der Waals surface area contributed by atoms with Crippen LogP contribution in [0, 0.1) is 25.7 Å². The molecule has 0 bridgehead atoms. The Morgan fingerprint density at radius 1 is 1.05 bits per heavy atom. The highest BCUT2D eigenvalue weighted by atomic mass is 32.2. The van der Waals surface area contributed by atoms with Gasteiger partial charge in [0, 0.05) is 16.8 Å². The number of hydrogen-bond donors (Lipinski definition) is 0. The Morgan fingerprint density at radius 3 is 2.32 bits per heavy atom. The smallest absolute Gasteiger partial charge is 0.264 e. The van der Waals surface area contributed by atoms with Crippen molar-refractivity contribution in [2.75, 3.05) is 6.26 Å². The largest absolute Gasteiger partial charge is 0.264 e. The van der Waals surface area contributed by atoms with Crippen molar-refractivity contribution >= 4 is 10.1 Å². The standard InChI is InChI=1S/C17H17NO3S/c1-13-4-6-15(7-5-13)8-9-16-10-14(2)18-17(11-16)12-21-22(3,19)20/h4-7,10-11H,12H2,1-3H3. The van der Waals surface area contributed by atoms with E-state index in [-0.39, 0.29) is 6.61 Å². The third kappa shape index (κ3) is 5.32. The van der Waals surface area contributed by atoms with E-state index >= 15 is 0 Å². The van der Waals surface area contributed by atoms with Crippen LogP contribution in [-0.2, 0) is 20.9 Å². The van der Waals surface area contributed by atoms with E-state index in [0.29, 0.717) is 5.69 Å². The molecule has 0 aliphatic heterocycles. The lowest BCUT2D eigenvalue weighted by atomic mass is 10.1. The molecule has 4 nitrogen and oxygen atoms in total. The maximum atomic E-state index is 11.0. The van der Waals surface area contributed by atoms with Crippen LogP contribution in [0.1, 0.15) is 28.1 Å². The van der Waals surface area contributed by atoms with Crippen LogP contribution in [0.5, 0.6) is 0 Å². The summed E-state index contributed by atoms with van der Waals surface area (Å²) in [6.45, 7) is 3.78. The van der Waals surface area contributed by atoms with Gasteiger partial charge in [-0.1, -0.05) is 29.5 Å². The number of pyridine rings is 1. The van der Waals surface area contributed by atoms with Gasteiger partial charge in [0.05, 0.1) is 11.9 Å². The summed E-state index contributed by atoms with van der Waals surface area (Å²) in [5.41, 5.74) is 4.20. The first-order chi connectivity index (χ1) is 10.3. The minimum atomic E-state index is -3.48. The average molecular weight is 315 g/mol. The Morgan fingerprint density at radius 2 is 1.68 bits per heavy atom. The average Bonchev–Trinajstić information content (AvgIpc) is 2.43. The second kappa shape index (κ2) is 6.73. The van der Waals surface area contributed by atoms with Crippen molar-refractivity contribution in [1.29, 1.82) is 0 Å². The normalized spacial score (nSPS) is 10.9. The van der Waals surface area contributed by atoms with Gasteiger partial charge in [-0.05, 0) is 38.1 Å². The molecule has 0 atom stereocenters. The summed E-state index contributed by atoms with van der Waals surface area (Å²) in [6.07, 6.45) is 1.01. The number of hydrogen-bond acceptors (Lipinski definition) is 4. The first-order valence-electron chi connectivity index (χ1n) is 6.72. The molecule has 0 radical (unpaired) electrons. The third-order valence-electron chi connectivity index (χ3n) is 2.83. The molecule has 0 unspecified atom stereocenters. The van der Waals surface area contributed by atoms with Gasteiger partial charge in [0.25, 0.3) is 10.1 Å². The van der Waals surface area contributed by atoms with Crippen molar-refractivity contribution in [1.82, 2.24) is 4.98 Å². The van der Waals surface area contributed by atoms with Crippen molar-refractivity contribution in [3.05, 3.63) is 64.5 Å². The molecular formula is C17H17NO3S. The molecule has 5 heteroatoms. The number of aromatic nitrogens is 1. The van der Waals surface area contributed by atoms with E-state index in [9.17, 15) is 8.42 Å². The summed E-state index contributed by atoms with van der Waals surface area (Å²) in [4.78, 5) is 4.25. The minimum Gasteiger partial charge on any atom is -0.264 e. The predicted octanol–water partition coefficient (Wildman–Crippen LogP) is 2.57. The number of nitrogens with zero attached hydrogens (tertiary/aromatic N) is 1. The second-order valence-corrected chi connectivity index (χ2v) is 6.71. The monoisotopic (exact) mass is 315 g/mol. The van der Waals surface area contributed by atoms with Gasteiger partial charge in [-0.2, -0.15) is 8.42 Å². The highest BCUT2D eigenvalue weighted by Crippen LogP contribution is 2.08. The number of benzene rings is 1. The highest BCUT2D eigenvalue weighted by Gasteiger charge is 2.05. The van der Waals surface area contributed by atoms with Gasteiger partial charge >= 0.3 is 0 Å². The number of rotatable bonds is 3. The summed E-state index contributed by atoms with van der Waals surface area (Å²) in [5.74, 6) is 6.14. The molecule has 2 aromatic rings. The molecule has 1 aromatic heterocycles. The summed E-state index contributed by atoms with van der Waals surface area (Å²) < 4.78 is 26.8. The van der Waals surface area contributed by atoms with Crippen LogP contribution < -0.4 is 0 Å². The van der Waals surface area contributed by atoms with E-state index in [2.05, 4.69) is 16.8 Å². The molecule has 1 aromatic carbocycles. The molecule has 0 N–H and O–H groups in total. The van der Waals surface area contributed by atoms with Gasteiger partial charge in [0.15, 0.2) is 0 Å². The third-order valence-corrected chi connectivity index (χ3v) is 3.38. The van der Waals surface area contributed by atoms with Gasteiger partial charge in [-0.3, -0.25) is 9.17 Å². The molecule has 0 aliphatic rings. The van der Waals surface area contributed by atoms with Gasteiger partial charge in [-0.25, -0.2) is 0 Å². The van der Waals surface area contributed by atoms with Crippen molar-refractivity contribution in [2.45, 2.75) is 20.5 Å². The molecule has 0 amide bonds. The zero-order valence-electron chi connectivity index (χ0n) is 12.8. The lowest BCUT2D eigenvalue weighted by Gasteiger charge is -2.03. The fourth-order valence-electron chi connectivity index (χ4n) is 1.83. The van der Waals surface area contributed by atoms with Crippen molar-refractivity contribution < 1.29 is 12.6 Å². The Labute approximate surface area is 131 Å². The second-order valence-electron chi connectivity index (χ2n) is 5.07. The van der Waals surface area contributed by atoms with Crippen LogP contribution in [0.25, 0.3) is 0 Å². The first kappa shape index (κ1) is 16.2. The molecule has 0 fully saturated rings. The van der Waals surface area contributed by atoms with Crippen molar-refractivity contribution in [3.63, 3.8) is 0 Å². The molecule has 0 spiro atoms. The van der Waals surface area contributed by atoms with Gasteiger partial charge in [0.2, 0.25) is 0 Å². The fraction of sp³-hybridized carbons (Fsp3) is 0.235. The zero-order valence-corrected chi connectivity index (χ0v) is 13.6. The van der Waals surface area contributed by atoms with Gasteiger partial charge < -0.3 is 0 Å². The Bertz CT molecular complexity index is 828. The molecule has 114 valence electrons. The van der Waals surface area contributed by atoms with E-state index in [1.165, 1.54) is 5.56 Å². The lowest BCUT2D eigenvalue weighted by Crippen LogP contribution is -2.04. The Balaban J connectivity index is 2.21. The van der Waals surface area contributed by atoms with Crippen LogP contribution in [-0.4, -0.2) is 19.7 Å². The molecule has 22 heavy (non-hydrogen) atoms. The Hall–Kier alpha value is -2.16. The maximum absolute atomic E-state index is 11.0. The topological polar surface area (TPSA) is 56.3 Å². The summed E-state index contributed by atoms with van der Waals surface area (Å²) in [7, 11) is -3.48. The van der Waals surface area contributed by atoms with Crippen molar-refractivity contribution in [2.24, 2.45) is 0 Å². The summed E-state index contributed by atoms with van der Waals surface area (Å²) in [5, 5.41) is 0. The molecule has 2 rings (SSSR count). The number of aryl methyl sites for hydroxylation is 2. The zero-order chi connectivity index (χ0) is 16.2. The molecular weight excluding hydrogens is 298 g/mol. The van der Waals surface area contributed by atoms with E-state index < -0.39 is 10.1 Å². The van der Waals surface area contributed by atoms with Crippen molar-refractivity contribution in [3.8, 4) is 11.8 Å². The van der Waals surface area contributed by atoms with Crippen LogP contribution in [0.3, 0.4) is 0 Å². The van der Waals surface area contributed by atoms with Crippen LogP contribution in [0.15, 0.2) is 36.4 Å². The van der Waals surface area contributed by atoms with E-state index in [4.69, 9.17) is 4.18 Å². The summed E-state index contributed by atoms with van der Waals surface area (Å²) in [6, 6.07) is 11.5. The summed E-state index contributed by atoms with van der Waals surface area (Å²) >= 11 is 0. The highest BCUT2D eigenvalue weighted by molar-refractivity contribution is 7.85. The predicted molar refractivity (Wildman–Crippen MR) is 85.8 cm³/mol. The van der Waals surface area contributed by atoms with Crippen LogP contribution in [0.4, 0.5) is 0 Å².